The number of benzene rings is 1. The summed E-state index contributed by atoms with van der Waals surface area (Å²) in [6.07, 6.45) is 2.69. The maximum absolute atomic E-state index is 11.8. The van der Waals surface area contributed by atoms with Crippen molar-refractivity contribution < 1.29 is 23.8 Å². The Labute approximate surface area is 120 Å². The van der Waals surface area contributed by atoms with Crippen molar-refractivity contribution in [3.63, 3.8) is 0 Å². The lowest BCUT2D eigenvalue weighted by atomic mass is 10.2. The van der Waals surface area contributed by atoms with Gasteiger partial charge >= 0.3 is 5.97 Å². The van der Waals surface area contributed by atoms with Crippen LogP contribution in [0, 0.1) is 0 Å². The number of rotatable bonds is 5. The Hall–Kier alpha value is -3.02. The highest BCUT2D eigenvalue weighted by atomic mass is 16.5. The molecule has 1 amide bonds. The summed E-state index contributed by atoms with van der Waals surface area (Å²) in [6.45, 7) is 0. The van der Waals surface area contributed by atoms with Crippen LogP contribution in [0.2, 0.25) is 0 Å². The predicted octanol–water partition coefficient (Wildman–Crippen LogP) is 2.14. The molecule has 2 aromatic rings. The van der Waals surface area contributed by atoms with E-state index in [0.717, 1.165) is 0 Å². The summed E-state index contributed by atoms with van der Waals surface area (Å²) < 4.78 is 9.92. The second-order valence-corrected chi connectivity index (χ2v) is 4.07. The van der Waals surface area contributed by atoms with Gasteiger partial charge in [-0.05, 0) is 35.9 Å². The molecule has 1 aromatic heterocycles. The van der Waals surface area contributed by atoms with Crippen molar-refractivity contribution >= 4 is 18.0 Å². The van der Waals surface area contributed by atoms with Crippen molar-refractivity contribution in [2.45, 2.75) is 0 Å². The van der Waals surface area contributed by atoms with Crippen LogP contribution in [-0.4, -0.2) is 24.1 Å². The minimum Gasteiger partial charge on any atom is -0.497 e. The molecule has 2 N–H and O–H groups in total. The van der Waals surface area contributed by atoms with E-state index in [1.807, 2.05) is 0 Å². The van der Waals surface area contributed by atoms with Crippen molar-refractivity contribution in [3.8, 4) is 5.75 Å². The van der Waals surface area contributed by atoms with Gasteiger partial charge in [-0.2, -0.15) is 0 Å². The molecular weight excluding hydrogens is 274 g/mol. The summed E-state index contributed by atoms with van der Waals surface area (Å²) in [5.74, 6) is -1.17. The first-order valence-corrected chi connectivity index (χ1v) is 6.04. The fourth-order valence-electron chi connectivity index (χ4n) is 1.61. The molecule has 2 rings (SSSR count). The number of carbonyl (C=O) groups is 2. The molecule has 0 radical (unpaired) electrons. The Kier molecular flexibility index (Phi) is 4.40. The SMILES string of the molecule is COc1ccc(/C=C(\NC(=O)c2ccco2)C(=O)O)cc1. The number of hydrogen-bond acceptors (Lipinski definition) is 4. The highest BCUT2D eigenvalue weighted by Crippen LogP contribution is 2.13. The van der Waals surface area contributed by atoms with Crippen LogP contribution >= 0.6 is 0 Å². The fraction of sp³-hybridized carbons (Fsp3) is 0.0667. The van der Waals surface area contributed by atoms with E-state index in [4.69, 9.17) is 14.3 Å². The average Bonchev–Trinajstić information content (AvgIpc) is 3.01. The van der Waals surface area contributed by atoms with E-state index in [1.54, 1.807) is 30.3 Å². The molecule has 0 aliphatic carbocycles. The number of aliphatic carboxylic acids is 1. The van der Waals surface area contributed by atoms with E-state index in [2.05, 4.69) is 5.32 Å². The molecule has 0 atom stereocenters. The van der Waals surface area contributed by atoms with E-state index < -0.39 is 11.9 Å². The zero-order chi connectivity index (χ0) is 15.2. The summed E-state index contributed by atoms with van der Waals surface area (Å²) in [7, 11) is 1.54. The Morgan fingerprint density at radius 1 is 1.24 bits per heavy atom. The van der Waals surface area contributed by atoms with Crippen LogP contribution in [0.3, 0.4) is 0 Å². The van der Waals surface area contributed by atoms with Gasteiger partial charge in [-0.3, -0.25) is 4.79 Å². The van der Waals surface area contributed by atoms with Crippen LogP contribution in [-0.2, 0) is 4.79 Å². The summed E-state index contributed by atoms with van der Waals surface area (Å²) in [5, 5.41) is 11.4. The maximum atomic E-state index is 11.8. The number of nitrogens with one attached hydrogen (secondary N) is 1. The number of ether oxygens (including phenoxy) is 1. The highest BCUT2D eigenvalue weighted by molar-refractivity contribution is 6.01. The van der Waals surface area contributed by atoms with Crippen LogP contribution in [0.4, 0.5) is 0 Å². The van der Waals surface area contributed by atoms with Crippen molar-refractivity contribution in [1.29, 1.82) is 0 Å². The van der Waals surface area contributed by atoms with Crippen molar-refractivity contribution in [2.24, 2.45) is 0 Å². The van der Waals surface area contributed by atoms with Crippen molar-refractivity contribution in [1.82, 2.24) is 5.32 Å². The number of methoxy groups -OCH3 is 1. The van der Waals surface area contributed by atoms with E-state index in [0.29, 0.717) is 11.3 Å². The lowest BCUT2D eigenvalue weighted by molar-refractivity contribution is -0.132. The molecule has 0 fully saturated rings. The molecule has 0 saturated heterocycles. The first-order valence-electron chi connectivity index (χ1n) is 6.04. The lowest BCUT2D eigenvalue weighted by Crippen LogP contribution is -2.26. The van der Waals surface area contributed by atoms with Crippen LogP contribution in [0.25, 0.3) is 6.08 Å². The summed E-state index contributed by atoms with van der Waals surface area (Å²) in [4.78, 5) is 23.0. The predicted molar refractivity (Wildman–Crippen MR) is 74.8 cm³/mol. The second kappa shape index (κ2) is 6.42. The number of furan rings is 1. The highest BCUT2D eigenvalue weighted by Gasteiger charge is 2.15. The van der Waals surface area contributed by atoms with Gasteiger partial charge in [0.1, 0.15) is 11.4 Å². The molecule has 6 nitrogen and oxygen atoms in total. The first-order chi connectivity index (χ1) is 10.1. The van der Waals surface area contributed by atoms with Crippen LogP contribution in [0.15, 0.2) is 52.8 Å². The lowest BCUT2D eigenvalue weighted by Gasteiger charge is -2.05. The standard InChI is InChI=1S/C15H13NO5/c1-20-11-6-4-10(5-7-11)9-12(15(18)19)16-14(17)13-3-2-8-21-13/h2-9H,1H3,(H,16,17)(H,18,19)/b12-9-. The van der Waals surface area contributed by atoms with Crippen molar-refractivity contribution in [2.75, 3.05) is 7.11 Å². The monoisotopic (exact) mass is 287 g/mol. The number of carboxylic acid groups (broad SMARTS) is 1. The minimum atomic E-state index is -1.24. The number of carbonyl (C=O) groups excluding carboxylic acids is 1. The molecule has 0 saturated carbocycles. The first kappa shape index (κ1) is 14.4. The third-order valence-electron chi connectivity index (χ3n) is 2.65. The third-order valence-corrected chi connectivity index (χ3v) is 2.65. The Morgan fingerprint density at radius 2 is 1.95 bits per heavy atom. The number of amides is 1. The van der Waals surface area contributed by atoms with Gasteiger partial charge < -0.3 is 19.6 Å². The zero-order valence-electron chi connectivity index (χ0n) is 11.2. The molecule has 6 heteroatoms. The van der Waals surface area contributed by atoms with E-state index in [-0.39, 0.29) is 11.5 Å². The van der Waals surface area contributed by atoms with Gasteiger partial charge in [-0.25, -0.2) is 4.79 Å². The topological polar surface area (TPSA) is 88.8 Å². The molecule has 0 unspecified atom stereocenters. The van der Waals surface area contributed by atoms with Crippen molar-refractivity contribution in [3.05, 3.63) is 59.7 Å². The summed E-state index contributed by atoms with van der Waals surface area (Å²) in [5.41, 5.74) is 0.370. The maximum Gasteiger partial charge on any atom is 0.352 e. The molecule has 1 heterocycles. The third kappa shape index (κ3) is 3.73. The minimum absolute atomic E-state index is 0.0388. The van der Waals surface area contributed by atoms with Gasteiger partial charge in [0.05, 0.1) is 13.4 Å². The van der Waals surface area contributed by atoms with E-state index >= 15 is 0 Å². The molecule has 0 aliphatic heterocycles. The summed E-state index contributed by atoms with van der Waals surface area (Å²) >= 11 is 0. The number of carboxylic acids is 1. The van der Waals surface area contributed by atoms with Gasteiger partial charge in [-0.1, -0.05) is 12.1 Å². The quantitative estimate of drug-likeness (QED) is 0.822. The van der Waals surface area contributed by atoms with Gasteiger partial charge in [-0.15, -0.1) is 0 Å². The molecule has 21 heavy (non-hydrogen) atoms. The second-order valence-electron chi connectivity index (χ2n) is 4.07. The Balaban J connectivity index is 2.19. The molecule has 1 aromatic carbocycles. The normalized spacial score (nSPS) is 11.0. The van der Waals surface area contributed by atoms with Gasteiger partial charge in [0.2, 0.25) is 0 Å². The van der Waals surface area contributed by atoms with E-state index in [1.165, 1.54) is 25.5 Å². The van der Waals surface area contributed by atoms with Gasteiger partial charge in [0, 0.05) is 0 Å². The fourth-order valence-corrected chi connectivity index (χ4v) is 1.61. The zero-order valence-corrected chi connectivity index (χ0v) is 11.2. The van der Waals surface area contributed by atoms with Crippen LogP contribution in [0.1, 0.15) is 16.1 Å². The molecule has 0 aliphatic rings. The summed E-state index contributed by atoms with van der Waals surface area (Å²) in [6, 6.07) is 9.74. The molecule has 108 valence electrons. The Morgan fingerprint density at radius 3 is 2.48 bits per heavy atom. The van der Waals surface area contributed by atoms with Gasteiger partial charge in [0.15, 0.2) is 5.76 Å². The molecule has 0 bridgehead atoms. The van der Waals surface area contributed by atoms with E-state index in [9.17, 15) is 9.59 Å². The molecular formula is C15H13NO5. The molecule has 0 spiro atoms. The largest absolute Gasteiger partial charge is 0.497 e. The smallest absolute Gasteiger partial charge is 0.352 e. The average molecular weight is 287 g/mol. The van der Waals surface area contributed by atoms with Gasteiger partial charge in [0.25, 0.3) is 5.91 Å². The van der Waals surface area contributed by atoms with Crippen LogP contribution in [0.5, 0.6) is 5.75 Å². The number of hydrogen-bond donors (Lipinski definition) is 2. The van der Waals surface area contributed by atoms with Crippen LogP contribution < -0.4 is 10.1 Å². The Bertz CT molecular complexity index is 656.